The molecule has 21 heavy (non-hydrogen) atoms. The molecule has 1 saturated carbocycles. The van der Waals surface area contributed by atoms with Crippen molar-refractivity contribution < 1.29 is 19.1 Å². The minimum absolute atomic E-state index is 0.00332. The van der Waals surface area contributed by atoms with Crippen LogP contribution in [0.1, 0.15) is 36.0 Å². The van der Waals surface area contributed by atoms with E-state index in [1.165, 1.54) is 11.8 Å². The van der Waals surface area contributed by atoms with Crippen molar-refractivity contribution in [3.63, 3.8) is 0 Å². The van der Waals surface area contributed by atoms with Crippen LogP contribution in [-0.4, -0.2) is 29.5 Å². The Labute approximate surface area is 126 Å². The highest BCUT2D eigenvalue weighted by Gasteiger charge is 2.27. The Hall–Kier alpha value is -1.82. The van der Waals surface area contributed by atoms with E-state index < -0.39 is 12.1 Å². The van der Waals surface area contributed by atoms with E-state index in [0.717, 1.165) is 17.7 Å². The summed E-state index contributed by atoms with van der Waals surface area (Å²) < 4.78 is 5.30. The van der Waals surface area contributed by atoms with Gasteiger partial charge in [-0.05, 0) is 37.5 Å². The van der Waals surface area contributed by atoms with Gasteiger partial charge in [0.15, 0.2) is 11.9 Å². The second-order valence-electron chi connectivity index (χ2n) is 5.15. The number of ether oxygens (including phenoxy) is 1. The second kappa shape index (κ2) is 5.89. The fraction of sp³-hybridized carbons (Fsp3) is 0.400. The molecular weight excluding hydrogens is 290 g/mol. The highest BCUT2D eigenvalue weighted by Crippen LogP contribution is 2.32. The third kappa shape index (κ3) is 3.10. The molecule has 0 spiro atoms. The van der Waals surface area contributed by atoms with Gasteiger partial charge in [0.05, 0.1) is 17.0 Å². The number of hydrogen-bond donors (Lipinski definition) is 1. The lowest BCUT2D eigenvalue weighted by atomic mass is 9.96. The van der Waals surface area contributed by atoms with E-state index in [1.54, 1.807) is 18.2 Å². The zero-order valence-corrected chi connectivity index (χ0v) is 12.2. The smallest absolute Gasteiger partial charge is 0.338 e. The maximum absolute atomic E-state index is 12.1. The molecule has 1 fully saturated rings. The molecule has 1 aliphatic heterocycles. The van der Waals surface area contributed by atoms with Crippen molar-refractivity contribution in [3.05, 3.63) is 23.8 Å². The van der Waals surface area contributed by atoms with Gasteiger partial charge in [-0.15, -0.1) is 11.8 Å². The summed E-state index contributed by atoms with van der Waals surface area (Å²) in [6, 6.07) is 5.06. The maximum Gasteiger partial charge on any atom is 0.338 e. The standard InChI is InChI=1S/C15H15NO4S/c17-11-3-1-2-4-12(11)20-15(19)9-5-6-13-10(7-9)16-14(18)8-21-13/h5-7,12H,1-4,8H2,(H,16,18)/t12-/m0/s1. The van der Waals surface area contributed by atoms with E-state index in [-0.39, 0.29) is 11.7 Å². The number of Topliss-reactive ketones (excluding diaryl/α,β-unsaturated/α-hetero) is 1. The summed E-state index contributed by atoms with van der Waals surface area (Å²) in [6.07, 6.45) is 2.23. The third-order valence-corrected chi connectivity index (χ3v) is 4.67. The summed E-state index contributed by atoms with van der Waals surface area (Å²) in [5, 5.41) is 2.73. The number of amides is 1. The van der Waals surface area contributed by atoms with Gasteiger partial charge in [-0.3, -0.25) is 9.59 Å². The summed E-state index contributed by atoms with van der Waals surface area (Å²) in [6.45, 7) is 0. The number of thioether (sulfide) groups is 1. The molecule has 1 heterocycles. The van der Waals surface area contributed by atoms with E-state index in [9.17, 15) is 14.4 Å². The summed E-state index contributed by atoms with van der Waals surface area (Å²) in [5.74, 6) is -0.215. The average Bonchev–Trinajstić information content (AvgIpc) is 2.48. The number of carbonyl (C=O) groups is 3. The summed E-state index contributed by atoms with van der Waals surface area (Å²) in [5.41, 5.74) is 0.982. The van der Waals surface area contributed by atoms with Gasteiger partial charge >= 0.3 is 5.97 Å². The number of anilines is 1. The summed E-state index contributed by atoms with van der Waals surface area (Å²) in [4.78, 5) is 36.1. The van der Waals surface area contributed by atoms with Crippen LogP contribution in [0, 0.1) is 0 Å². The molecule has 2 aliphatic rings. The molecule has 6 heteroatoms. The number of esters is 1. The molecule has 1 aliphatic carbocycles. The first kappa shape index (κ1) is 14.1. The van der Waals surface area contributed by atoms with E-state index in [0.29, 0.717) is 29.8 Å². The molecule has 0 radical (unpaired) electrons. The van der Waals surface area contributed by atoms with Crippen LogP contribution in [0.15, 0.2) is 23.1 Å². The fourth-order valence-corrected chi connectivity index (χ4v) is 3.27. The number of hydrogen-bond acceptors (Lipinski definition) is 5. The van der Waals surface area contributed by atoms with Crippen molar-refractivity contribution in [2.24, 2.45) is 0 Å². The molecule has 1 atom stereocenters. The number of fused-ring (bicyclic) bond motifs is 1. The highest BCUT2D eigenvalue weighted by molar-refractivity contribution is 8.00. The van der Waals surface area contributed by atoms with E-state index in [1.807, 2.05) is 0 Å². The Bertz CT molecular complexity index is 614. The van der Waals surface area contributed by atoms with E-state index in [2.05, 4.69) is 5.32 Å². The van der Waals surface area contributed by atoms with Crippen LogP contribution in [0.25, 0.3) is 0 Å². The molecule has 0 unspecified atom stereocenters. The van der Waals surface area contributed by atoms with Crippen LogP contribution >= 0.6 is 11.8 Å². The minimum Gasteiger partial charge on any atom is -0.451 e. The lowest BCUT2D eigenvalue weighted by molar-refractivity contribution is -0.129. The zero-order chi connectivity index (χ0) is 14.8. The van der Waals surface area contributed by atoms with Gasteiger partial charge in [0, 0.05) is 11.3 Å². The van der Waals surface area contributed by atoms with Crippen molar-refractivity contribution in [1.82, 2.24) is 0 Å². The maximum atomic E-state index is 12.1. The van der Waals surface area contributed by atoms with Crippen molar-refractivity contribution in [1.29, 1.82) is 0 Å². The van der Waals surface area contributed by atoms with Crippen LogP contribution in [-0.2, 0) is 14.3 Å². The van der Waals surface area contributed by atoms with Gasteiger partial charge in [0.25, 0.3) is 0 Å². The number of ketones is 1. The number of carbonyl (C=O) groups excluding carboxylic acids is 3. The van der Waals surface area contributed by atoms with Crippen molar-refractivity contribution >= 4 is 35.1 Å². The number of benzene rings is 1. The predicted molar refractivity (Wildman–Crippen MR) is 78.5 cm³/mol. The lowest BCUT2D eigenvalue weighted by Crippen LogP contribution is -2.30. The second-order valence-corrected chi connectivity index (χ2v) is 6.17. The van der Waals surface area contributed by atoms with Crippen LogP contribution < -0.4 is 5.32 Å². The van der Waals surface area contributed by atoms with Crippen LogP contribution in [0.3, 0.4) is 0 Å². The molecule has 5 nitrogen and oxygen atoms in total. The Kier molecular flexibility index (Phi) is 3.96. The summed E-state index contributed by atoms with van der Waals surface area (Å²) in [7, 11) is 0. The van der Waals surface area contributed by atoms with Crippen LogP contribution in [0.4, 0.5) is 5.69 Å². The quantitative estimate of drug-likeness (QED) is 0.849. The minimum atomic E-state index is -0.619. The molecule has 1 amide bonds. The van der Waals surface area contributed by atoms with Gasteiger partial charge in [0.2, 0.25) is 5.91 Å². The SMILES string of the molecule is O=C1CSc2ccc(C(=O)O[C@H]3CCCCC3=O)cc2N1. The largest absolute Gasteiger partial charge is 0.451 e. The molecule has 1 aromatic rings. The first-order valence-electron chi connectivity index (χ1n) is 6.94. The molecular formula is C15H15NO4S. The fourth-order valence-electron chi connectivity index (χ4n) is 2.48. The van der Waals surface area contributed by atoms with Crippen LogP contribution in [0.5, 0.6) is 0 Å². The Morgan fingerprint density at radius 2 is 2.14 bits per heavy atom. The molecule has 110 valence electrons. The van der Waals surface area contributed by atoms with Gasteiger partial charge < -0.3 is 10.1 Å². The molecule has 0 bridgehead atoms. The number of nitrogens with one attached hydrogen (secondary N) is 1. The highest BCUT2D eigenvalue weighted by atomic mass is 32.2. The van der Waals surface area contributed by atoms with Crippen LogP contribution in [0.2, 0.25) is 0 Å². The van der Waals surface area contributed by atoms with Gasteiger partial charge in [-0.25, -0.2) is 4.79 Å². The molecule has 0 aromatic heterocycles. The lowest BCUT2D eigenvalue weighted by Gasteiger charge is -2.21. The van der Waals surface area contributed by atoms with Crippen molar-refractivity contribution in [3.8, 4) is 0 Å². The summed E-state index contributed by atoms with van der Waals surface area (Å²) >= 11 is 1.44. The molecule has 1 aromatic carbocycles. The van der Waals surface area contributed by atoms with E-state index in [4.69, 9.17) is 4.74 Å². The molecule has 3 rings (SSSR count). The van der Waals surface area contributed by atoms with E-state index >= 15 is 0 Å². The normalized spacial score (nSPS) is 21.4. The van der Waals surface area contributed by atoms with Gasteiger partial charge in [-0.2, -0.15) is 0 Å². The van der Waals surface area contributed by atoms with Crippen molar-refractivity contribution in [2.45, 2.75) is 36.7 Å². The molecule has 0 saturated heterocycles. The first-order valence-corrected chi connectivity index (χ1v) is 7.92. The van der Waals surface area contributed by atoms with Crippen molar-refractivity contribution in [2.75, 3.05) is 11.1 Å². The predicted octanol–water partition coefficient (Wildman–Crippen LogP) is 2.40. The topological polar surface area (TPSA) is 72.5 Å². The Balaban J connectivity index is 1.74. The van der Waals surface area contributed by atoms with Gasteiger partial charge in [0.1, 0.15) is 0 Å². The monoisotopic (exact) mass is 305 g/mol. The Morgan fingerprint density at radius 3 is 2.95 bits per heavy atom. The first-order chi connectivity index (χ1) is 10.1. The number of rotatable bonds is 2. The molecule has 1 N–H and O–H groups in total. The van der Waals surface area contributed by atoms with Gasteiger partial charge in [-0.1, -0.05) is 0 Å². The third-order valence-electron chi connectivity index (χ3n) is 3.60. The Morgan fingerprint density at radius 1 is 1.29 bits per heavy atom. The average molecular weight is 305 g/mol. The zero-order valence-electron chi connectivity index (χ0n) is 11.4.